The number of aromatic nitrogens is 9. The quantitative estimate of drug-likeness (QED) is 0.0925. The van der Waals surface area contributed by atoms with Crippen molar-refractivity contribution in [1.82, 2.24) is 44.9 Å². The molecular formula is C137H87N9S. The van der Waals surface area contributed by atoms with Crippen LogP contribution in [0, 0.1) is 0 Å². The van der Waals surface area contributed by atoms with Gasteiger partial charge in [-0.15, -0.1) is 11.3 Å². The molecule has 0 amide bonds. The van der Waals surface area contributed by atoms with Crippen LogP contribution in [0.5, 0.6) is 0 Å². The number of rotatable bonds is 15. The van der Waals surface area contributed by atoms with Crippen molar-refractivity contribution in [1.29, 1.82) is 0 Å². The number of hydrogen-bond donors (Lipinski definition) is 0. The van der Waals surface area contributed by atoms with Crippen LogP contribution in [0.25, 0.3) is 275 Å². The highest BCUT2D eigenvalue weighted by molar-refractivity contribution is 7.26. The Morgan fingerprint density at radius 1 is 0.136 bits per heavy atom. The average molecular weight is 1890 g/mol. The Hall–Kier alpha value is -19.4. The predicted octanol–water partition coefficient (Wildman–Crippen LogP) is 36.2. The Morgan fingerprint density at radius 3 is 0.810 bits per heavy atom. The van der Waals surface area contributed by atoms with Gasteiger partial charge in [0.25, 0.3) is 0 Å². The monoisotopic (exact) mass is 1890 g/mol. The summed E-state index contributed by atoms with van der Waals surface area (Å²) in [6.07, 6.45) is 5.88. The van der Waals surface area contributed by atoms with E-state index in [0.717, 1.165) is 199 Å². The maximum absolute atomic E-state index is 5.26. The van der Waals surface area contributed by atoms with E-state index in [4.69, 9.17) is 44.9 Å². The summed E-state index contributed by atoms with van der Waals surface area (Å²) in [7, 11) is 0. The fraction of sp³-hybridized carbons (Fsp3) is 0. The van der Waals surface area contributed by atoms with Gasteiger partial charge in [0.2, 0.25) is 0 Å². The third-order valence-corrected chi connectivity index (χ3v) is 29.2. The minimum atomic E-state index is 0.713. The summed E-state index contributed by atoms with van der Waals surface area (Å²) >= 11 is 1.76. The van der Waals surface area contributed by atoms with Gasteiger partial charge in [-0.25, -0.2) is 29.9 Å². The molecule has 0 spiro atoms. The summed E-state index contributed by atoms with van der Waals surface area (Å²) < 4.78 is 2.32. The Kier molecular flexibility index (Phi) is 23.0. The highest BCUT2D eigenvalue weighted by Gasteiger charge is 2.22. The molecule has 9 nitrogen and oxygen atoms in total. The molecule has 0 aliphatic rings. The molecule has 0 saturated heterocycles. The molecule has 28 rings (SSSR count). The summed E-state index contributed by atoms with van der Waals surface area (Å²) in [5, 5.41) is 12.9. The van der Waals surface area contributed by atoms with Gasteiger partial charge in [0.15, 0.2) is 11.6 Å². The largest absolute Gasteiger partial charge is 0.256 e. The molecule has 7 aromatic heterocycles. The minimum Gasteiger partial charge on any atom is -0.256 e. The molecule has 0 aliphatic heterocycles. The summed E-state index contributed by atoms with van der Waals surface area (Å²) in [6.45, 7) is 0. The lowest BCUT2D eigenvalue weighted by Gasteiger charge is -2.13. The van der Waals surface area contributed by atoms with Gasteiger partial charge in [0.1, 0.15) is 0 Å². The van der Waals surface area contributed by atoms with Crippen LogP contribution in [0.1, 0.15) is 0 Å². The third-order valence-electron chi connectivity index (χ3n) is 28.0. The number of benzene rings is 21. The van der Waals surface area contributed by atoms with E-state index in [2.05, 4.69) is 455 Å². The van der Waals surface area contributed by atoms with Gasteiger partial charge < -0.3 is 0 Å². The fourth-order valence-electron chi connectivity index (χ4n) is 20.3. The number of fused-ring (bicyclic) bond motifs is 14. The molecule has 0 aliphatic carbocycles. The van der Waals surface area contributed by atoms with Crippen molar-refractivity contribution in [2.45, 2.75) is 0 Å². The van der Waals surface area contributed by atoms with Gasteiger partial charge in [-0.2, -0.15) is 0 Å². The van der Waals surface area contributed by atoms with Crippen molar-refractivity contribution in [2.75, 3.05) is 0 Å². The molecule has 686 valence electrons. The van der Waals surface area contributed by atoms with Gasteiger partial charge in [-0.1, -0.05) is 449 Å². The van der Waals surface area contributed by atoms with Crippen molar-refractivity contribution in [3.05, 3.63) is 528 Å². The van der Waals surface area contributed by atoms with Gasteiger partial charge in [0.05, 0.1) is 66.1 Å². The number of nitrogens with zero attached hydrogens (tertiary/aromatic N) is 9. The Labute approximate surface area is 853 Å². The molecule has 0 bridgehead atoms. The number of pyridine rings is 3. The van der Waals surface area contributed by atoms with Crippen LogP contribution in [-0.4, -0.2) is 44.9 Å². The average Bonchev–Trinajstić information content (AvgIpc) is 1.60. The van der Waals surface area contributed by atoms with Crippen molar-refractivity contribution >= 4 is 119 Å². The van der Waals surface area contributed by atoms with E-state index in [1.807, 2.05) is 73.2 Å². The standard InChI is InChI=1S/C47H29N3S.2C45H29N3/c1-2-9-30(10-3-1)31-21-23-34(24-22-31)44-46-45(41-15-6-7-16-43(41)51-46)50-47(49-44)37-13-8-12-35(27-37)32-17-19-33(20-18-32)36-25-26-40-39-14-5-4-11-38(39)29-48-42(40)28-36;1-2-9-30(10-3-1)31-21-23-34(24-22-31)44-45(48-42-16-7-6-15-41(42)47-44)37-13-8-12-35(27-37)32-17-19-33(20-18-32)36-25-26-40-39-14-5-4-11-38(39)29-46-43(40)28-36;1-2-9-30(10-3-1)31-21-23-34(24-22-31)44-41-15-6-7-16-42(41)47-45(48-44)37-13-8-12-35(27-37)32-17-19-33(20-18-32)36-25-26-40-39-14-5-4-11-38(39)29-46-43(40)28-36/h1-29H;2*1-29H. The van der Waals surface area contributed by atoms with Gasteiger partial charge in [-0.3, -0.25) is 15.0 Å². The zero-order valence-corrected chi connectivity index (χ0v) is 80.5. The predicted molar refractivity (Wildman–Crippen MR) is 614 cm³/mol. The van der Waals surface area contributed by atoms with Gasteiger partial charge in [-0.05, 0) is 177 Å². The summed E-state index contributed by atoms with van der Waals surface area (Å²) in [4.78, 5) is 45.2. The lowest BCUT2D eigenvalue weighted by Crippen LogP contribution is -1.96. The third kappa shape index (κ3) is 17.6. The topological polar surface area (TPSA) is 116 Å². The second-order valence-corrected chi connectivity index (χ2v) is 38.1. The maximum Gasteiger partial charge on any atom is 0.160 e. The number of thiophene rings is 1. The SMILES string of the molecule is c1ccc(-c2ccc(-c3nc(-c4cccc(-c5ccc(-c6ccc7c(c6)ncc6ccccc67)cc5)c4)nc4c3sc3ccccc34)cc2)cc1.c1ccc(-c2ccc(-c3nc(-c4cccc(-c5ccc(-c6ccc7c(c6)ncc6ccccc67)cc5)c4)nc4ccccc34)cc2)cc1.c1ccc(-c2ccc(-c3nc4ccccc4nc3-c3cccc(-c4ccc(-c5ccc6c(c5)ncc5ccccc56)cc4)c3)cc2)cc1. The van der Waals surface area contributed by atoms with E-state index < -0.39 is 0 Å². The van der Waals surface area contributed by atoms with E-state index in [1.165, 1.54) is 70.4 Å². The normalized spacial score (nSPS) is 11.4. The van der Waals surface area contributed by atoms with Crippen LogP contribution >= 0.6 is 11.3 Å². The van der Waals surface area contributed by atoms with Crippen molar-refractivity contribution in [3.8, 4) is 168 Å². The van der Waals surface area contributed by atoms with Crippen molar-refractivity contribution in [3.63, 3.8) is 0 Å². The molecule has 0 radical (unpaired) electrons. The molecule has 7 heterocycles. The van der Waals surface area contributed by atoms with Gasteiger partial charge in [0, 0.05) is 99.8 Å². The van der Waals surface area contributed by atoms with E-state index in [0.29, 0.717) is 5.82 Å². The minimum absolute atomic E-state index is 0.713. The smallest absolute Gasteiger partial charge is 0.160 e. The molecule has 0 N–H and O–H groups in total. The van der Waals surface area contributed by atoms with Crippen molar-refractivity contribution < 1.29 is 0 Å². The fourth-order valence-corrected chi connectivity index (χ4v) is 21.5. The summed E-state index contributed by atoms with van der Waals surface area (Å²) in [5.74, 6) is 1.44. The number of para-hydroxylation sites is 3. The van der Waals surface area contributed by atoms with Crippen LogP contribution in [0.15, 0.2) is 528 Å². The van der Waals surface area contributed by atoms with Crippen LogP contribution < -0.4 is 0 Å². The first kappa shape index (κ1) is 87.8. The van der Waals surface area contributed by atoms with Crippen LogP contribution in [0.2, 0.25) is 0 Å². The molecule has 147 heavy (non-hydrogen) atoms. The zero-order chi connectivity index (χ0) is 97.5. The van der Waals surface area contributed by atoms with Gasteiger partial charge >= 0.3 is 0 Å². The highest BCUT2D eigenvalue weighted by Crippen LogP contribution is 2.44. The molecular weight excluding hydrogens is 1800 g/mol. The van der Waals surface area contributed by atoms with Crippen molar-refractivity contribution in [2.24, 2.45) is 0 Å². The first-order chi connectivity index (χ1) is 72.8. The van der Waals surface area contributed by atoms with E-state index >= 15 is 0 Å². The zero-order valence-electron chi connectivity index (χ0n) is 79.7. The second-order valence-electron chi connectivity index (χ2n) is 37.0. The maximum atomic E-state index is 5.26. The lowest BCUT2D eigenvalue weighted by atomic mass is 9.96. The lowest BCUT2D eigenvalue weighted by molar-refractivity contribution is 1.23. The van der Waals surface area contributed by atoms with Crippen LogP contribution in [0.3, 0.4) is 0 Å². The molecule has 0 unspecified atom stereocenters. The first-order valence-corrected chi connectivity index (χ1v) is 50.3. The number of hydrogen-bond acceptors (Lipinski definition) is 10. The molecule has 28 aromatic rings. The molecule has 0 saturated carbocycles. The molecule has 10 heteroatoms. The molecule has 0 fully saturated rings. The first-order valence-electron chi connectivity index (χ1n) is 49.5. The van der Waals surface area contributed by atoms with Crippen LogP contribution in [-0.2, 0) is 0 Å². The summed E-state index contributed by atoms with van der Waals surface area (Å²) in [5.41, 5.74) is 37.4. The summed E-state index contributed by atoms with van der Waals surface area (Å²) in [6, 6.07) is 179. The Balaban J connectivity index is 0.000000112. The molecule has 21 aromatic carbocycles. The highest BCUT2D eigenvalue weighted by atomic mass is 32.1. The van der Waals surface area contributed by atoms with E-state index in [-0.39, 0.29) is 0 Å². The Bertz CT molecular complexity index is 9880. The Morgan fingerprint density at radius 2 is 0.401 bits per heavy atom. The molecule has 0 atom stereocenters. The second kappa shape index (κ2) is 38.6. The van der Waals surface area contributed by atoms with E-state index in [1.54, 1.807) is 11.3 Å². The van der Waals surface area contributed by atoms with E-state index in [9.17, 15) is 0 Å². The van der Waals surface area contributed by atoms with Crippen LogP contribution in [0.4, 0.5) is 0 Å².